The smallest absolute Gasteiger partial charge is 1.00 e. The van der Waals surface area contributed by atoms with Crippen LogP contribution in [-0.4, -0.2) is 26.2 Å². The minimum atomic E-state index is -1.88. The third-order valence-corrected chi connectivity index (χ3v) is 18.3. The average Bonchev–Trinajstić information content (AvgIpc) is 3.22. The van der Waals surface area contributed by atoms with Gasteiger partial charge in [-0.3, -0.25) is 0 Å². The van der Waals surface area contributed by atoms with Crippen LogP contribution in [-0.2, 0) is 25.7 Å². The van der Waals surface area contributed by atoms with E-state index in [0.29, 0.717) is 3.63 Å². The average molecular weight is 559 g/mol. The molecular formula is C24H36Cl2OSi2Zr. The van der Waals surface area contributed by atoms with E-state index in [1.807, 2.05) is 0 Å². The Labute approximate surface area is 206 Å². The second-order valence-electron chi connectivity index (χ2n) is 10.0. The number of hydrogen-bond acceptors (Lipinski definition) is 1. The molecule has 0 spiro atoms. The van der Waals surface area contributed by atoms with Crippen LogP contribution >= 0.6 is 0 Å². The molecule has 2 aliphatic carbocycles. The molecule has 3 rings (SSSR count). The van der Waals surface area contributed by atoms with Crippen molar-refractivity contribution in [3.8, 4) is 0 Å². The maximum absolute atomic E-state index is 6.18. The topological polar surface area (TPSA) is 9.23 Å². The predicted molar refractivity (Wildman–Crippen MR) is 127 cm³/mol. The molecule has 1 atom stereocenters. The van der Waals surface area contributed by atoms with Crippen LogP contribution in [0.15, 0.2) is 51.0 Å². The van der Waals surface area contributed by atoms with Crippen molar-refractivity contribution in [1.82, 2.24) is 0 Å². The molecular weight excluding hydrogens is 523 g/mol. The van der Waals surface area contributed by atoms with Crippen LogP contribution < -0.4 is 24.8 Å². The van der Waals surface area contributed by atoms with Crippen molar-refractivity contribution in [2.75, 3.05) is 6.61 Å². The fraction of sp³-hybridized carbons (Fsp3) is 0.458. The Hall–Kier alpha value is 0.167. The summed E-state index contributed by atoms with van der Waals surface area (Å²) in [5.41, 5.74) is 3.02. The Bertz CT molecular complexity index is 875. The van der Waals surface area contributed by atoms with Crippen molar-refractivity contribution in [1.29, 1.82) is 0 Å². The summed E-state index contributed by atoms with van der Waals surface area (Å²) in [4.78, 5) is 0. The van der Waals surface area contributed by atoms with E-state index in [1.165, 1.54) is 18.0 Å². The summed E-state index contributed by atoms with van der Waals surface area (Å²) in [6, 6.07) is 10.3. The van der Waals surface area contributed by atoms with Gasteiger partial charge in [0.1, 0.15) is 0 Å². The number of allylic oxidation sites excluding steroid dienone is 5. The van der Waals surface area contributed by atoms with Gasteiger partial charge in [0.2, 0.25) is 0 Å². The Morgan fingerprint density at radius 2 is 1.73 bits per heavy atom. The Morgan fingerprint density at radius 1 is 1.07 bits per heavy atom. The minimum absolute atomic E-state index is 0. The van der Waals surface area contributed by atoms with Gasteiger partial charge in [-0.05, 0) is 0 Å². The van der Waals surface area contributed by atoms with Crippen LogP contribution in [0, 0.1) is 0 Å². The second kappa shape index (κ2) is 11.3. The molecule has 0 bridgehead atoms. The van der Waals surface area contributed by atoms with Crippen molar-refractivity contribution in [3.05, 3.63) is 62.1 Å². The molecule has 0 heterocycles. The van der Waals surface area contributed by atoms with E-state index in [1.54, 1.807) is 17.2 Å². The first-order chi connectivity index (χ1) is 13.1. The van der Waals surface area contributed by atoms with Crippen molar-refractivity contribution >= 4 is 25.7 Å². The van der Waals surface area contributed by atoms with Gasteiger partial charge in [-0.1, -0.05) is 0 Å². The molecule has 164 valence electrons. The van der Waals surface area contributed by atoms with Crippen molar-refractivity contribution in [2.24, 2.45) is 0 Å². The molecule has 0 amide bonds. The van der Waals surface area contributed by atoms with Crippen LogP contribution in [0.1, 0.15) is 35.0 Å². The molecule has 0 aromatic heterocycles. The number of rotatable bonds is 7. The SMILES string of the molecule is C[C](C)=[Zr+2]([C]1=CC([Si](C)(C)CCO[Si](C)(C)C)=CC1)[CH]1C=Cc2ccccc21.[Cl-].[Cl-]. The van der Waals surface area contributed by atoms with Gasteiger partial charge >= 0.3 is 183 Å². The van der Waals surface area contributed by atoms with Crippen LogP contribution in [0.4, 0.5) is 0 Å². The maximum Gasteiger partial charge on any atom is -1.00 e. The first kappa shape index (κ1) is 28.2. The molecule has 6 heteroatoms. The normalized spacial score (nSPS) is 17.2. The van der Waals surface area contributed by atoms with Crippen LogP contribution in [0.5, 0.6) is 0 Å². The molecule has 2 aliphatic rings. The van der Waals surface area contributed by atoms with E-state index in [-0.39, 0.29) is 24.8 Å². The van der Waals surface area contributed by atoms with Gasteiger partial charge < -0.3 is 24.8 Å². The first-order valence-corrected chi connectivity index (χ1v) is 21.1. The van der Waals surface area contributed by atoms with E-state index in [4.69, 9.17) is 4.43 Å². The third-order valence-electron chi connectivity index (χ3n) is 5.91. The summed E-state index contributed by atoms with van der Waals surface area (Å²) in [6.45, 7) is 17.7. The molecule has 0 N–H and O–H groups in total. The zero-order valence-corrected chi connectivity index (χ0v) is 25.5. The van der Waals surface area contributed by atoms with E-state index < -0.39 is 37.7 Å². The standard InChI is InChI=1S/C12H23OSi2.C9H7.C3H6.2ClH.Zr/c1-14(2,3)13-10-11-15(4,5)12-8-6-7-9-12;1-2-5-9-7-3-6-8(9)4-1;1-3-2;;;/h8-9H,6,10-11H2,1-5H3;1-7H;1-2H3;2*1H;/q;;;;;+2/p-2. The second-order valence-corrected chi connectivity index (χ2v) is 27.0. The van der Waals surface area contributed by atoms with Gasteiger partial charge in [-0.15, -0.1) is 0 Å². The number of benzene rings is 1. The van der Waals surface area contributed by atoms with Gasteiger partial charge in [0.05, 0.1) is 0 Å². The summed E-state index contributed by atoms with van der Waals surface area (Å²) >= 11 is -1.88. The number of fused-ring (bicyclic) bond motifs is 1. The molecule has 1 aromatic rings. The van der Waals surface area contributed by atoms with Crippen molar-refractivity contribution < 1.29 is 50.5 Å². The van der Waals surface area contributed by atoms with Gasteiger partial charge in [0.25, 0.3) is 0 Å². The van der Waals surface area contributed by atoms with Crippen LogP contribution in [0.2, 0.25) is 38.8 Å². The van der Waals surface area contributed by atoms with Crippen molar-refractivity contribution in [2.45, 2.75) is 62.7 Å². The molecule has 0 fully saturated rings. The quantitative estimate of drug-likeness (QED) is 0.452. The van der Waals surface area contributed by atoms with Crippen LogP contribution in [0.3, 0.4) is 0 Å². The minimum Gasteiger partial charge on any atom is -1.00 e. The summed E-state index contributed by atoms with van der Waals surface area (Å²) in [5.74, 6) is 0. The zero-order chi connectivity index (χ0) is 20.5. The predicted octanol–water partition coefficient (Wildman–Crippen LogP) is 0.906. The van der Waals surface area contributed by atoms with E-state index in [0.717, 1.165) is 6.61 Å². The maximum atomic E-state index is 6.18. The molecule has 0 saturated carbocycles. The van der Waals surface area contributed by atoms with E-state index in [9.17, 15) is 0 Å². The summed E-state index contributed by atoms with van der Waals surface area (Å²) in [6.07, 6.45) is 11.3. The van der Waals surface area contributed by atoms with Crippen LogP contribution in [0.25, 0.3) is 6.08 Å². The number of hydrogen-bond donors (Lipinski definition) is 0. The number of halogens is 2. The fourth-order valence-electron chi connectivity index (χ4n) is 4.27. The first-order valence-electron chi connectivity index (χ1n) is 10.6. The van der Waals surface area contributed by atoms with E-state index >= 15 is 0 Å². The van der Waals surface area contributed by atoms with Gasteiger partial charge in [-0.2, -0.15) is 0 Å². The van der Waals surface area contributed by atoms with Gasteiger partial charge in [0.15, 0.2) is 0 Å². The summed E-state index contributed by atoms with van der Waals surface area (Å²) < 4.78 is 10.4. The Kier molecular flexibility index (Phi) is 10.7. The molecule has 0 saturated heterocycles. The van der Waals surface area contributed by atoms with E-state index in [2.05, 4.69) is 95.2 Å². The summed E-state index contributed by atoms with van der Waals surface area (Å²) in [5, 5.41) is 1.68. The monoisotopic (exact) mass is 556 g/mol. The Morgan fingerprint density at radius 3 is 2.37 bits per heavy atom. The molecule has 1 aromatic carbocycles. The molecule has 1 unspecified atom stereocenters. The Balaban J connectivity index is 0.00000225. The zero-order valence-electron chi connectivity index (χ0n) is 19.5. The fourth-order valence-corrected chi connectivity index (χ4v) is 15.4. The van der Waals surface area contributed by atoms with Gasteiger partial charge in [0, 0.05) is 0 Å². The molecule has 0 radical (unpaired) electrons. The van der Waals surface area contributed by atoms with Gasteiger partial charge in [-0.25, -0.2) is 0 Å². The molecule has 1 nitrogen and oxygen atoms in total. The third kappa shape index (κ3) is 6.83. The molecule has 0 aliphatic heterocycles. The van der Waals surface area contributed by atoms with Crippen molar-refractivity contribution in [3.63, 3.8) is 0 Å². The largest absolute Gasteiger partial charge is 1.00 e. The summed E-state index contributed by atoms with van der Waals surface area (Å²) in [7, 11) is -2.83. The molecule has 30 heavy (non-hydrogen) atoms.